The molecule has 0 saturated heterocycles. The monoisotopic (exact) mass is 165 g/mol. The van der Waals surface area contributed by atoms with Gasteiger partial charge in [-0.2, -0.15) is 0 Å². The Bertz CT molecular complexity index is 273. The minimum absolute atomic E-state index is 0.471. The molecule has 0 spiro atoms. The molecular formula is C9H15N3. The maximum atomic E-state index is 4.21. The molecule has 1 aromatic rings. The molecule has 0 aliphatic rings. The SMILES string of the molecule is C=Cc1ncc(C(C)C)n1NC. The fourth-order valence-electron chi connectivity index (χ4n) is 1.17. The molecule has 0 aromatic carbocycles. The number of hydrogen-bond acceptors (Lipinski definition) is 2. The second kappa shape index (κ2) is 3.43. The number of imidazole rings is 1. The molecule has 0 unspecified atom stereocenters. The van der Waals surface area contributed by atoms with Gasteiger partial charge >= 0.3 is 0 Å². The van der Waals surface area contributed by atoms with Crippen molar-refractivity contribution in [2.45, 2.75) is 19.8 Å². The molecule has 1 N–H and O–H groups in total. The Morgan fingerprint density at radius 2 is 2.33 bits per heavy atom. The van der Waals surface area contributed by atoms with Gasteiger partial charge in [0.25, 0.3) is 0 Å². The molecule has 0 atom stereocenters. The molecular weight excluding hydrogens is 150 g/mol. The van der Waals surface area contributed by atoms with Crippen molar-refractivity contribution in [1.29, 1.82) is 0 Å². The van der Waals surface area contributed by atoms with E-state index < -0.39 is 0 Å². The number of nitrogens with zero attached hydrogens (tertiary/aromatic N) is 2. The van der Waals surface area contributed by atoms with E-state index in [0.29, 0.717) is 5.92 Å². The van der Waals surface area contributed by atoms with Crippen LogP contribution in [0.2, 0.25) is 0 Å². The standard InChI is InChI=1S/C9H15N3/c1-5-9-11-6-8(7(2)3)12(9)10-4/h5-7,10H,1H2,2-4H3. The summed E-state index contributed by atoms with van der Waals surface area (Å²) < 4.78 is 1.94. The quantitative estimate of drug-likeness (QED) is 0.740. The zero-order valence-corrected chi connectivity index (χ0v) is 7.83. The second-order valence-corrected chi connectivity index (χ2v) is 2.96. The van der Waals surface area contributed by atoms with E-state index in [4.69, 9.17) is 0 Å². The van der Waals surface area contributed by atoms with E-state index >= 15 is 0 Å². The van der Waals surface area contributed by atoms with Crippen molar-refractivity contribution in [1.82, 2.24) is 9.66 Å². The highest BCUT2D eigenvalue weighted by molar-refractivity contribution is 5.38. The molecule has 12 heavy (non-hydrogen) atoms. The van der Waals surface area contributed by atoms with Gasteiger partial charge in [-0.1, -0.05) is 20.4 Å². The average Bonchev–Trinajstić information content (AvgIpc) is 2.46. The molecule has 3 heteroatoms. The Morgan fingerprint density at radius 3 is 2.75 bits per heavy atom. The van der Waals surface area contributed by atoms with Crippen LogP contribution in [0.25, 0.3) is 6.08 Å². The first-order chi connectivity index (χ1) is 5.70. The van der Waals surface area contributed by atoms with Gasteiger partial charge in [0.2, 0.25) is 0 Å². The van der Waals surface area contributed by atoms with Crippen molar-refractivity contribution in [2.24, 2.45) is 0 Å². The molecule has 0 fully saturated rings. The van der Waals surface area contributed by atoms with Gasteiger partial charge in [0, 0.05) is 7.05 Å². The summed E-state index contributed by atoms with van der Waals surface area (Å²) in [6.45, 7) is 7.96. The second-order valence-electron chi connectivity index (χ2n) is 2.96. The van der Waals surface area contributed by atoms with E-state index in [-0.39, 0.29) is 0 Å². The van der Waals surface area contributed by atoms with Crippen LogP contribution in [0.5, 0.6) is 0 Å². The lowest BCUT2D eigenvalue weighted by Gasteiger charge is -2.10. The first kappa shape index (κ1) is 8.84. The maximum absolute atomic E-state index is 4.21. The van der Waals surface area contributed by atoms with E-state index in [1.165, 1.54) is 5.69 Å². The highest BCUT2D eigenvalue weighted by Crippen LogP contribution is 2.14. The molecule has 3 nitrogen and oxygen atoms in total. The van der Waals surface area contributed by atoms with Crippen molar-refractivity contribution >= 4 is 6.08 Å². The molecule has 0 aliphatic carbocycles. The van der Waals surface area contributed by atoms with E-state index in [9.17, 15) is 0 Å². The van der Waals surface area contributed by atoms with E-state index in [1.54, 1.807) is 6.08 Å². The van der Waals surface area contributed by atoms with Crippen LogP contribution in [0.4, 0.5) is 0 Å². The van der Waals surface area contributed by atoms with Crippen molar-refractivity contribution in [2.75, 3.05) is 12.5 Å². The van der Waals surface area contributed by atoms with Gasteiger partial charge < -0.3 is 5.43 Å². The molecule has 0 amide bonds. The number of hydrogen-bond donors (Lipinski definition) is 1. The van der Waals surface area contributed by atoms with Crippen molar-refractivity contribution in [3.05, 3.63) is 24.3 Å². The summed E-state index contributed by atoms with van der Waals surface area (Å²) in [6.07, 6.45) is 3.61. The zero-order valence-electron chi connectivity index (χ0n) is 7.83. The Kier molecular flexibility index (Phi) is 2.53. The highest BCUT2D eigenvalue weighted by atomic mass is 15.4. The fraction of sp³-hybridized carbons (Fsp3) is 0.444. The smallest absolute Gasteiger partial charge is 0.150 e. The predicted octanol–water partition coefficient (Wildman–Crippen LogP) is 1.82. The minimum Gasteiger partial charge on any atom is -0.327 e. The summed E-state index contributed by atoms with van der Waals surface area (Å²) in [5.74, 6) is 1.33. The third-order valence-corrected chi connectivity index (χ3v) is 1.81. The Morgan fingerprint density at radius 1 is 1.67 bits per heavy atom. The largest absolute Gasteiger partial charge is 0.327 e. The van der Waals surface area contributed by atoms with Gasteiger partial charge in [-0.15, -0.1) is 0 Å². The van der Waals surface area contributed by atoms with Crippen LogP contribution in [0.3, 0.4) is 0 Å². The van der Waals surface area contributed by atoms with Gasteiger partial charge in [0.1, 0.15) is 0 Å². The lowest BCUT2D eigenvalue weighted by Crippen LogP contribution is -2.14. The zero-order chi connectivity index (χ0) is 9.14. The van der Waals surface area contributed by atoms with Crippen LogP contribution in [0.15, 0.2) is 12.8 Å². The van der Waals surface area contributed by atoms with E-state index in [0.717, 1.165) is 5.82 Å². The molecule has 1 rings (SSSR count). The van der Waals surface area contributed by atoms with Crippen LogP contribution in [-0.4, -0.2) is 16.7 Å². The van der Waals surface area contributed by atoms with Crippen molar-refractivity contribution in [3.8, 4) is 0 Å². The van der Waals surface area contributed by atoms with Gasteiger partial charge in [0.05, 0.1) is 11.9 Å². The van der Waals surface area contributed by atoms with Crippen LogP contribution >= 0.6 is 0 Å². The minimum atomic E-state index is 0.471. The van der Waals surface area contributed by atoms with Crippen LogP contribution < -0.4 is 5.43 Å². The van der Waals surface area contributed by atoms with Crippen LogP contribution in [-0.2, 0) is 0 Å². The van der Waals surface area contributed by atoms with Crippen molar-refractivity contribution < 1.29 is 0 Å². The number of aromatic nitrogens is 2. The first-order valence-corrected chi connectivity index (χ1v) is 4.08. The topological polar surface area (TPSA) is 29.9 Å². The predicted molar refractivity (Wildman–Crippen MR) is 51.7 cm³/mol. The van der Waals surface area contributed by atoms with Crippen LogP contribution in [0.1, 0.15) is 31.3 Å². The summed E-state index contributed by atoms with van der Waals surface area (Å²) >= 11 is 0. The molecule has 0 radical (unpaired) electrons. The molecule has 0 aliphatic heterocycles. The summed E-state index contributed by atoms with van der Waals surface area (Å²) in [5.41, 5.74) is 4.23. The number of rotatable bonds is 3. The van der Waals surface area contributed by atoms with Crippen molar-refractivity contribution in [3.63, 3.8) is 0 Å². The lowest BCUT2D eigenvalue weighted by molar-refractivity contribution is 0.744. The average molecular weight is 165 g/mol. The maximum Gasteiger partial charge on any atom is 0.150 e. The Hall–Kier alpha value is -1.25. The van der Waals surface area contributed by atoms with Gasteiger partial charge in [-0.3, -0.25) is 0 Å². The normalized spacial score (nSPS) is 10.3. The Balaban J connectivity index is 3.13. The summed E-state index contributed by atoms with van der Waals surface area (Å²) in [4.78, 5) is 4.21. The van der Waals surface area contributed by atoms with E-state index in [1.807, 2.05) is 17.9 Å². The summed E-state index contributed by atoms with van der Waals surface area (Å²) in [5, 5.41) is 0. The molecule has 66 valence electrons. The number of nitrogens with one attached hydrogen (secondary N) is 1. The highest BCUT2D eigenvalue weighted by Gasteiger charge is 2.08. The molecule has 0 bridgehead atoms. The molecule has 0 saturated carbocycles. The Labute approximate surface area is 73.1 Å². The van der Waals surface area contributed by atoms with E-state index in [2.05, 4.69) is 30.8 Å². The first-order valence-electron chi connectivity index (χ1n) is 4.08. The summed E-state index contributed by atoms with van der Waals surface area (Å²) in [6, 6.07) is 0. The van der Waals surface area contributed by atoms with Gasteiger partial charge in [-0.25, -0.2) is 9.66 Å². The van der Waals surface area contributed by atoms with Gasteiger partial charge in [-0.05, 0) is 12.0 Å². The molecule has 1 heterocycles. The third kappa shape index (κ3) is 1.35. The lowest BCUT2D eigenvalue weighted by atomic mass is 10.1. The fourth-order valence-corrected chi connectivity index (χ4v) is 1.17. The third-order valence-electron chi connectivity index (χ3n) is 1.81. The molecule has 1 aromatic heterocycles. The van der Waals surface area contributed by atoms with Crippen LogP contribution in [0, 0.1) is 0 Å². The summed E-state index contributed by atoms with van der Waals surface area (Å²) in [7, 11) is 1.88. The van der Waals surface area contributed by atoms with Gasteiger partial charge in [0.15, 0.2) is 5.82 Å².